The Kier molecular flexibility index (Phi) is 3.38. The zero-order valence-corrected chi connectivity index (χ0v) is 10.6. The molecule has 0 bridgehead atoms. The topological polar surface area (TPSA) is 116 Å². The van der Waals surface area contributed by atoms with Gasteiger partial charge in [0.1, 0.15) is 5.76 Å². The van der Waals surface area contributed by atoms with Gasteiger partial charge in [0.2, 0.25) is 5.89 Å². The third-order valence-electron chi connectivity index (χ3n) is 2.62. The fraction of sp³-hybridized carbons (Fsp3) is 0.167. The quantitative estimate of drug-likeness (QED) is 0.673. The van der Waals surface area contributed by atoms with E-state index in [9.17, 15) is 14.9 Å². The average Bonchev–Trinajstić information content (AvgIpc) is 2.80. The van der Waals surface area contributed by atoms with E-state index in [0.717, 1.165) is 0 Å². The summed E-state index contributed by atoms with van der Waals surface area (Å²) in [5.74, 6) is -0.940. The molecule has 0 radical (unpaired) electrons. The van der Waals surface area contributed by atoms with E-state index in [-0.39, 0.29) is 28.8 Å². The van der Waals surface area contributed by atoms with Crippen molar-refractivity contribution in [2.24, 2.45) is 0 Å². The smallest absolute Gasteiger partial charge is 0.358 e. The summed E-state index contributed by atoms with van der Waals surface area (Å²) < 4.78 is 10.2. The second kappa shape index (κ2) is 5.00. The zero-order valence-electron chi connectivity index (χ0n) is 10.6. The lowest BCUT2D eigenvalue weighted by Crippen LogP contribution is -1.98. The van der Waals surface area contributed by atoms with E-state index in [1.54, 1.807) is 0 Å². The molecule has 0 spiro atoms. The summed E-state index contributed by atoms with van der Waals surface area (Å²) in [7, 11) is 1.30. The number of aromatic carboxylic acids is 1. The lowest BCUT2D eigenvalue weighted by molar-refractivity contribution is -0.385. The van der Waals surface area contributed by atoms with Gasteiger partial charge in [-0.2, -0.15) is 0 Å². The predicted molar refractivity (Wildman–Crippen MR) is 66.8 cm³/mol. The van der Waals surface area contributed by atoms with E-state index in [2.05, 4.69) is 4.98 Å². The molecule has 0 aliphatic carbocycles. The summed E-state index contributed by atoms with van der Waals surface area (Å²) in [6.07, 6.45) is 0. The van der Waals surface area contributed by atoms with Crippen LogP contribution in [0.2, 0.25) is 0 Å². The minimum Gasteiger partial charge on any atom is -0.490 e. The molecule has 0 aliphatic heterocycles. The number of oxazole rings is 1. The van der Waals surface area contributed by atoms with Crippen molar-refractivity contribution in [1.29, 1.82) is 0 Å². The number of nitrogens with zero attached hydrogens (tertiary/aromatic N) is 2. The highest BCUT2D eigenvalue weighted by atomic mass is 16.6. The molecular weight excluding hydrogens is 268 g/mol. The summed E-state index contributed by atoms with van der Waals surface area (Å²) in [6.45, 7) is 1.47. The normalized spacial score (nSPS) is 10.3. The number of hydrogen-bond donors (Lipinski definition) is 1. The van der Waals surface area contributed by atoms with Crippen LogP contribution in [-0.4, -0.2) is 28.1 Å². The Labute approximate surface area is 112 Å². The van der Waals surface area contributed by atoms with Crippen LogP contribution in [0.25, 0.3) is 11.5 Å². The first kappa shape index (κ1) is 13.5. The molecule has 1 aromatic carbocycles. The summed E-state index contributed by atoms with van der Waals surface area (Å²) >= 11 is 0. The molecule has 1 heterocycles. The molecule has 0 unspecified atom stereocenters. The number of carboxylic acid groups (broad SMARTS) is 1. The van der Waals surface area contributed by atoms with Gasteiger partial charge in [0.05, 0.1) is 12.0 Å². The van der Waals surface area contributed by atoms with Gasteiger partial charge in [0.25, 0.3) is 0 Å². The zero-order chi connectivity index (χ0) is 14.9. The minimum absolute atomic E-state index is 0.0419. The molecule has 0 atom stereocenters. The lowest BCUT2D eigenvalue weighted by atomic mass is 10.2. The van der Waals surface area contributed by atoms with Crippen LogP contribution in [0.1, 0.15) is 16.2 Å². The van der Waals surface area contributed by atoms with Crippen LogP contribution >= 0.6 is 0 Å². The van der Waals surface area contributed by atoms with Crippen LogP contribution in [-0.2, 0) is 0 Å². The second-order valence-electron chi connectivity index (χ2n) is 3.87. The molecule has 1 N–H and O–H groups in total. The largest absolute Gasteiger partial charge is 0.490 e. The van der Waals surface area contributed by atoms with Gasteiger partial charge in [-0.1, -0.05) is 0 Å². The van der Waals surface area contributed by atoms with Crippen molar-refractivity contribution in [1.82, 2.24) is 4.98 Å². The maximum absolute atomic E-state index is 10.9. The van der Waals surface area contributed by atoms with E-state index < -0.39 is 10.9 Å². The van der Waals surface area contributed by atoms with Gasteiger partial charge in [0.15, 0.2) is 11.4 Å². The summed E-state index contributed by atoms with van der Waals surface area (Å²) in [6, 6.07) is 4.03. The van der Waals surface area contributed by atoms with Gasteiger partial charge in [-0.25, -0.2) is 9.78 Å². The molecular formula is C12H10N2O6. The Bertz CT molecular complexity index is 691. The first-order chi connectivity index (χ1) is 9.43. The van der Waals surface area contributed by atoms with E-state index in [1.807, 2.05) is 0 Å². The molecule has 2 rings (SSSR count). The number of rotatable bonds is 4. The van der Waals surface area contributed by atoms with Crippen LogP contribution in [0, 0.1) is 17.0 Å². The third kappa shape index (κ3) is 2.30. The maximum Gasteiger partial charge on any atom is 0.358 e. The molecule has 0 aliphatic rings. The monoisotopic (exact) mass is 278 g/mol. The van der Waals surface area contributed by atoms with Gasteiger partial charge in [-0.05, 0) is 19.1 Å². The van der Waals surface area contributed by atoms with Crippen LogP contribution < -0.4 is 4.74 Å². The molecule has 0 saturated heterocycles. The van der Waals surface area contributed by atoms with Gasteiger partial charge in [0, 0.05) is 11.6 Å². The summed E-state index contributed by atoms with van der Waals surface area (Å²) in [5, 5.41) is 19.7. The fourth-order valence-corrected chi connectivity index (χ4v) is 1.68. The summed E-state index contributed by atoms with van der Waals surface area (Å²) in [4.78, 5) is 24.9. The second-order valence-corrected chi connectivity index (χ2v) is 3.87. The number of aryl methyl sites for hydroxylation is 1. The Hall–Kier alpha value is -2.90. The SMILES string of the molecule is COc1cc(-c2nc(C(=O)O)c(C)o2)ccc1[N+](=O)[O-]. The average molecular weight is 278 g/mol. The van der Waals surface area contributed by atoms with Crippen molar-refractivity contribution in [2.75, 3.05) is 7.11 Å². The van der Waals surface area contributed by atoms with Crippen molar-refractivity contribution in [2.45, 2.75) is 6.92 Å². The van der Waals surface area contributed by atoms with Crippen molar-refractivity contribution in [3.8, 4) is 17.2 Å². The van der Waals surface area contributed by atoms with Crippen molar-refractivity contribution in [3.05, 3.63) is 39.8 Å². The number of carbonyl (C=O) groups is 1. The molecule has 0 fully saturated rings. The number of nitro groups is 1. The number of aromatic nitrogens is 1. The van der Waals surface area contributed by atoms with Crippen molar-refractivity contribution >= 4 is 11.7 Å². The minimum atomic E-state index is -1.20. The number of benzene rings is 1. The molecule has 0 saturated carbocycles. The van der Waals surface area contributed by atoms with Crippen LogP contribution in [0.15, 0.2) is 22.6 Å². The molecule has 104 valence electrons. The van der Waals surface area contributed by atoms with Crippen LogP contribution in [0.4, 0.5) is 5.69 Å². The predicted octanol–water partition coefficient (Wildman–Crippen LogP) is 2.27. The Morgan fingerprint density at radius 3 is 2.70 bits per heavy atom. The van der Waals surface area contributed by atoms with Crippen LogP contribution in [0.5, 0.6) is 5.75 Å². The molecule has 8 heteroatoms. The Morgan fingerprint density at radius 2 is 2.20 bits per heavy atom. The number of nitro benzene ring substituents is 1. The van der Waals surface area contributed by atoms with Gasteiger partial charge >= 0.3 is 11.7 Å². The van der Waals surface area contributed by atoms with E-state index in [4.69, 9.17) is 14.3 Å². The van der Waals surface area contributed by atoms with E-state index >= 15 is 0 Å². The number of carboxylic acids is 1. The van der Waals surface area contributed by atoms with E-state index in [1.165, 1.54) is 32.2 Å². The molecule has 2 aromatic rings. The lowest BCUT2D eigenvalue weighted by Gasteiger charge is -2.02. The number of ether oxygens (including phenoxy) is 1. The molecule has 0 amide bonds. The Morgan fingerprint density at radius 1 is 1.50 bits per heavy atom. The van der Waals surface area contributed by atoms with Gasteiger partial charge < -0.3 is 14.3 Å². The first-order valence-electron chi connectivity index (χ1n) is 5.47. The van der Waals surface area contributed by atoms with E-state index in [0.29, 0.717) is 5.56 Å². The highest BCUT2D eigenvalue weighted by Gasteiger charge is 2.20. The maximum atomic E-state index is 10.9. The third-order valence-corrected chi connectivity index (χ3v) is 2.62. The van der Waals surface area contributed by atoms with Gasteiger partial charge in [-0.3, -0.25) is 10.1 Å². The molecule has 1 aromatic heterocycles. The number of hydrogen-bond acceptors (Lipinski definition) is 6. The van der Waals surface area contributed by atoms with Crippen molar-refractivity contribution < 1.29 is 24.0 Å². The highest BCUT2D eigenvalue weighted by molar-refractivity contribution is 5.87. The summed E-state index contributed by atoms with van der Waals surface area (Å²) in [5.41, 5.74) is -0.00152. The Balaban J connectivity index is 2.51. The van der Waals surface area contributed by atoms with Crippen LogP contribution in [0.3, 0.4) is 0 Å². The van der Waals surface area contributed by atoms with Crippen molar-refractivity contribution in [3.63, 3.8) is 0 Å². The number of methoxy groups -OCH3 is 1. The van der Waals surface area contributed by atoms with Gasteiger partial charge in [-0.15, -0.1) is 0 Å². The highest BCUT2D eigenvalue weighted by Crippen LogP contribution is 2.32. The molecule has 20 heavy (non-hydrogen) atoms. The molecule has 8 nitrogen and oxygen atoms in total. The fourth-order valence-electron chi connectivity index (χ4n) is 1.68. The standard InChI is InChI=1S/C12H10N2O6/c1-6-10(12(15)16)13-11(20-6)7-3-4-8(14(17)18)9(5-7)19-2/h3-5H,1-2H3,(H,15,16). The first-order valence-corrected chi connectivity index (χ1v) is 5.47.